The lowest BCUT2D eigenvalue weighted by molar-refractivity contribution is 0.104. The van der Waals surface area contributed by atoms with Gasteiger partial charge < -0.3 is 10.1 Å². The largest absolute Gasteiger partial charge is 0.378 e. The molecule has 0 radical (unpaired) electrons. The van der Waals surface area contributed by atoms with E-state index in [9.17, 15) is 0 Å². The topological polar surface area (TPSA) is 21.3 Å². The highest BCUT2D eigenvalue weighted by molar-refractivity contribution is 5.23. The van der Waals surface area contributed by atoms with E-state index in [4.69, 9.17) is 4.74 Å². The maximum absolute atomic E-state index is 5.63. The lowest BCUT2D eigenvalue weighted by Crippen LogP contribution is -2.37. The van der Waals surface area contributed by atoms with Gasteiger partial charge >= 0.3 is 0 Å². The van der Waals surface area contributed by atoms with Crippen LogP contribution in [-0.4, -0.2) is 25.3 Å². The summed E-state index contributed by atoms with van der Waals surface area (Å²) in [5, 5.41) is 3.70. The fourth-order valence-electron chi connectivity index (χ4n) is 3.24. The molecule has 2 rings (SSSR count). The third kappa shape index (κ3) is 4.07. The Bertz CT molecular complexity index is 401. The van der Waals surface area contributed by atoms with Gasteiger partial charge in [-0.15, -0.1) is 0 Å². The quantitative estimate of drug-likeness (QED) is 0.853. The Balaban J connectivity index is 1.83. The van der Waals surface area contributed by atoms with Gasteiger partial charge in [-0.1, -0.05) is 44.2 Å². The first kappa shape index (κ1) is 15.5. The highest BCUT2D eigenvalue weighted by atomic mass is 16.5. The number of ether oxygens (including phenoxy) is 1. The fourth-order valence-corrected chi connectivity index (χ4v) is 3.24. The van der Waals surface area contributed by atoms with Gasteiger partial charge in [-0.2, -0.15) is 0 Å². The van der Waals surface area contributed by atoms with Crippen LogP contribution in [0.1, 0.15) is 46.1 Å². The molecule has 1 aliphatic heterocycles. The summed E-state index contributed by atoms with van der Waals surface area (Å²) >= 11 is 0. The molecule has 0 aliphatic carbocycles. The minimum absolute atomic E-state index is 0.214. The molecular weight excluding hydrogens is 246 g/mol. The summed E-state index contributed by atoms with van der Waals surface area (Å²) < 4.78 is 5.63. The molecule has 3 atom stereocenters. The molecule has 1 saturated heterocycles. The summed E-state index contributed by atoms with van der Waals surface area (Å²) in [6, 6.07) is 11.3. The molecule has 1 aromatic rings. The van der Waals surface area contributed by atoms with Gasteiger partial charge in [0.25, 0.3) is 0 Å². The zero-order valence-corrected chi connectivity index (χ0v) is 13.4. The van der Waals surface area contributed by atoms with Crippen LogP contribution in [0.2, 0.25) is 0 Å². The summed E-state index contributed by atoms with van der Waals surface area (Å²) in [4.78, 5) is 0. The SMILES string of the molecule is CC(CC(C)(C)c1ccccc1)NCC1CCOC1C. The second kappa shape index (κ2) is 6.73. The van der Waals surface area contributed by atoms with Crippen LogP contribution in [0.5, 0.6) is 0 Å². The molecule has 112 valence electrons. The first-order chi connectivity index (χ1) is 9.49. The van der Waals surface area contributed by atoms with Gasteiger partial charge in [0.2, 0.25) is 0 Å². The van der Waals surface area contributed by atoms with Gasteiger partial charge in [-0.05, 0) is 43.6 Å². The zero-order chi connectivity index (χ0) is 14.6. The van der Waals surface area contributed by atoms with E-state index in [1.807, 2.05) is 0 Å². The van der Waals surface area contributed by atoms with Crippen LogP contribution >= 0.6 is 0 Å². The maximum Gasteiger partial charge on any atom is 0.0588 e. The molecule has 20 heavy (non-hydrogen) atoms. The van der Waals surface area contributed by atoms with Crippen LogP contribution in [0, 0.1) is 5.92 Å². The normalized spacial score (nSPS) is 24.8. The Hall–Kier alpha value is -0.860. The summed E-state index contributed by atoms with van der Waals surface area (Å²) in [6.45, 7) is 11.2. The lowest BCUT2D eigenvalue weighted by Gasteiger charge is -2.30. The van der Waals surface area contributed by atoms with Crippen molar-refractivity contribution in [2.45, 2.75) is 58.1 Å². The lowest BCUT2D eigenvalue weighted by atomic mass is 9.79. The van der Waals surface area contributed by atoms with E-state index in [0.717, 1.165) is 19.6 Å². The molecular formula is C18H29NO. The van der Waals surface area contributed by atoms with Crippen molar-refractivity contribution in [3.05, 3.63) is 35.9 Å². The second-order valence-corrected chi connectivity index (χ2v) is 6.89. The Labute approximate surface area is 123 Å². The van der Waals surface area contributed by atoms with Crippen LogP contribution in [0.15, 0.2) is 30.3 Å². The Morgan fingerprint density at radius 3 is 2.60 bits per heavy atom. The van der Waals surface area contributed by atoms with E-state index in [1.54, 1.807) is 0 Å². The van der Waals surface area contributed by atoms with Crippen molar-refractivity contribution in [3.63, 3.8) is 0 Å². The van der Waals surface area contributed by atoms with Gasteiger partial charge in [-0.25, -0.2) is 0 Å². The van der Waals surface area contributed by atoms with Crippen LogP contribution in [0.25, 0.3) is 0 Å². The predicted octanol–water partition coefficient (Wildman–Crippen LogP) is 3.76. The molecule has 0 bridgehead atoms. The smallest absolute Gasteiger partial charge is 0.0588 e. The van der Waals surface area contributed by atoms with Gasteiger partial charge in [-0.3, -0.25) is 0 Å². The Morgan fingerprint density at radius 2 is 2.00 bits per heavy atom. The fraction of sp³-hybridized carbons (Fsp3) is 0.667. The average molecular weight is 275 g/mol. The molecule has 1 fully saturated rings. The average Bonchev–Trinajstić information content (AvgIpc) is 2.82. The van der Waals surface area contributed by atoms with E-state index >= 15 is 0 Å². The standard InChI is InChI=1S/C18H29NO/c1-14(19-13-16-10-11-20-15(16)2)12-18(3,4)17-8-6-5-7-9-17/h5-9,14-16,19H,10-13H2,1-4H3. The summed E-state index contributed by atoms with van der Waals surface area (Å²) in [5.41, 5.74) is 1.64. The van der Waals surface area contributed by atoms with Crippen molar-refractivity contribution in [1.29, 1.82) is 0 Å². The van der Waals surface area contributed by atoms with Crippen molar-refractivity contribution in [2.24, 2.45) is 5.92 Å². The Kier molecular flexibility index (Phi) is 5.22. The van der Waals surface area contributed by atoms with Gasteiger partial charge in [0.05, 0.1) is 6.10 Å². The zero-order valence-electron chi connectivity index (χ0n) is 13.4. The molecule has 2 heteroatoms. The molecule has 0 spiro atoms. The number of hydrogen-bond donors (Lipinski definition) is 1. The molecule has 3 unspecified atom stereocenters. The van der Waals surface area contributed by atoms with Crippen molar-refractivity contribution in [1.82, 2.24) is 5.32 Å². The van der Waals surface area contributed by atoms with E-state index in [1.165, 1.54) is 12.0 Å². The first-order valence-electron chi connectivity index (χ1n) is 7.89. The molecule has 0 amide bonds. The molecule has 1 heterocycles. The van der Waals surface area contributed by atoms with E-state index < -0.39 is 0 Å². The summed E-state index contributed by atoms with van der Waals surface area (Å²) in [7, 11) is 0. The predicted molar refractivity (Wildman–Crippen MR) is 85.1 cm³/mol. The van der Waals surface area contributed by atoms with Gasteiger partial charge in [0.1, 0.15) is 0 Å². The first-order valence-corrected chi connectivity index (χ1v) is 7.89. The van der Waals surface area contributed by atoms with E-state index in [-0.39, 0.29) is 5.41 Å². The third-order valence-electron chi connectivity index (χ3n) is 4.63. The van der Waals surface area contributed by atoms with E-state index in [2.05, 4.69) is 63.3 Å². The van der Waals surface area contributed by atoms with Gasteiger partial charge in [0.15, 0.2) is 0 Å². The minimum atomic E-state index is 0.214. The molecule has 2 nitrogen and oxygen atoms in total. The molecule has 1 aromatic carbocycles. The number of hydrogen-bond acceptors (Lipinski definition) is 2. The van der Waals surface area contributed by atoms with Crippen molar-refractivity contribution in [2.75, 3.05) is 13.2 Å². The van der Waals surface area contributed by atoms with Crippen LogP contribution in [0.3, 0.4) is 0 Å². The van der Waals surface area contributed by atoms with Crippen LogP contribution < -0.4 is 5.32 Å². The molecule has 1 N–H and O–H groups in total. The number of nitrogens with one attached hydrogen (secondary N) is 1. The minimum Gasteiger partial charge on any atom is -0.378 e. The highest BCUT2D eigenvalue weighted by Gasteiger charge is 2.26. The Morgan fingerprint density at radius 1 is 1.30 bits per heavy atom. The van der Waals surface area contributed by atoms with Crippen molar-refractivity contribution < 1.29 is 4.74 Å². The second-order valence-electron chi connectivity index (χ2n) is 6.89. The third-order valence-corrected chi connectivity index (χ3v) is 4.63. The monoisotopic (exact) mass is 275 g/mol. The van der Waals surface area contributed by atoms with E-state index in [0.29, 0.717) is 18.1 Å². The number of benzene rings is 1. The van der Waals surface area contributed by atoms with Gasteiger partial charge in [0, 0.05) is 19.2 Å². The van der Waals surface area contributed by atoms with Crippen molar-refractivity contribution in [3.8, 4) is 0 Å². The molecule has 1 aliphatic rings. The summed E-state index contributed by atoms with van der Waals surface area (Å²) in [5.74, 6) is 0.678. The highest BCUT2D eigenvalue weighted by Crippen LogP contribution is 2.28. The number of rotatable bonds is 6. The van der Waals surface area contributed by atoms with Crippen LogP contribution in [0.4, 0.5) is 0 Å². The van der Waals surface area contributed by atoms with Crippen molar-refractivity contribution >= 4 is 0 Å². The summed E-state index contributed by atoms with van der Waals surface area (Å²) in [6.07, 6.45) is 2.76. The molecule has 0 aromatic heterocycles. The molecule has 0 saturated carbocycles. The maximum atomic E-state index is 5.63. The van der Waals surface area contributed by atoms with Crippen LogP contribution in [-0.2, 0) is 10.2 Å².